The molecule has 1 aliphatic rings. The molecule has 4 nitrogen and oxygen atoms in total. The molecule has 2 aromatic rings. The molecule has 7 heteroatoms. The number of hydrogen-bond donors (Lipinski definition) is 0. The Labute approximate surface area is 182 Å². The number of amides is 1. The van der Waals surface area contributed by atoms with E-state index in [1.165, 1.54) is 11.8 Å². The Balaban J connectivity index is 1.90. The summed E-state index contributed by atoms with van der Waals surface area (Å²) in [6.45, 7) is 3.78. The van der Waals surface area contributed by atoms with E-state index in [9.17, 15) is 4.79 Å². The van der Waals surface area contributed by atoms with E-state index in [0.717, 1.165) is 21.3 Å². The van der Waals surface area contributed by atoms with Crippen molar-refractivity contribution in [2.45, 2.75) is 6.42 Å². The Morgan fingerprint density at radius 1 is 1.32 bits per heavy atom. The molecule has 0 aromatic heterocycles. The summed E-state index contributed by atoms with van der Waals surface area (Å²) in [5, 5.41) is 1.18. The molecule has 144 valence electrons. The summed E-state index contributed by atoms with van der Waals surface area (Å²) in [6, 6.07) is 11.3. The van der Waals surface area contributed by atoms with Crippen molar-refractivity contribution in [2.24, 2.45) is 4.99 Å². The van der Waals surface area contributed by atoms with Crippen LogP contribution in [0, 0.1) is 0 Å². The Morgan fingerprint density at radius 3 is 2.79 bits per heavy atom. The number of aliphatic imine (C=N–C) groups is 1. The number of methoxy groups -OCH3 is 1. The Bertz CT molecular complexity index is 1000. The number of thioether (sulfide) groups is 1. The van der Waals surface area contributed by atoms with E-state index in [0.29, 0.717) is 27.2 Å². The summed E-state index contributed by atoms with van der Waals surface area (Å²) in [6.07, 6.45) is 4.39. The monoisotopic (exact) mass is 476 g/mol. The molecule has 1 fully saturated rings. The molecule has 0 N–H and O–H groups in total. The minimum Gasteiger partial charge on any atom is -0.496 e. The van der Waals surface area contributed by atoms with Gasteiger partial charge in [0.05, 0.1) is 22.7 Å². The molecule has 0 aliphatic carbocycles. The number of allylic oxidation sites excluding steroid dienone is 1. The number of ether oxygens (including phenoxy) is 1. The Morgan fingerprint density at radius 2 is 2.11 bits per heavy atom. The van der Waals surface area contributed by atoms with E-state index in [1.54, 1.807) is 25.1 Å². The third-order valence-corrected chi connectivity index (χ3v) is 6.39. The minimum absolute atomic E-state index is 0.0898. The van der Waals surface area contributed by atoms with E-state index in [4.69, 9.17) is 16.3 Å². The Hall–Kier alpha value is -2.02. The molecule has 1 aliphatic heterocycles. The van der Waals surface area contributed by atoms with Gasteiger partial charge in [-0.25, -0.2) is 4.99 Å². The lowest BCUT2D eigenvalue weighted by atomic mass is 10.1. The van der Waals surface area contributed by atoms with E-state index < -0.39 is 0 Å². The van der Waals surface area contributed by atoms with Gasteiger partial charge in [0.25, 0.3) is 5.91 Å². The maximum absolute atomic E-state index is 12.6. The largest absolute Gasteiger partial charge is 0.496 e. The number of halogens is 2. The lowest BCUT2D eigenvalue weighted by Gasteiger charge is -2.08. The number of rotatable bonds is 5. The van der Waals surface area contributed by atoms with Crippen LogP contribution in [0.25, 0.3) is 6.08 Å². The van der Waals surface area contributed by atoms with Crippen LogP contribution < -0.4 is 4.74 Å². The molecule has 0 bridgehead atoms. The highest BCUT2D eigenvalue weighted by atomic mass is 79.9. The number of nitrogens with zero attached hydrogens (tertiary/aromatic N) is 2. The van der Waals surface area contributed by atoms with Gasteiger partial charge in [0.15, 0.2) is 5.17 Å². The average molecular weight is 478 g/mol. The van der Waals surface area contributed by atoms with Crippen LogP contribution in [0.15, 0.2) is 63.4 Å². The molecular formula is C21H18BrClN2O2S. The van der Waals surface area contributed by atoms with Crippen LogP contribution in [-0.2, 0) is 11.2 Å². The molecule has 0 unspecified atom stereocenters. The van der Waals surface area contributed by atoms with E-state index in [2.05, 4.69) is 27.5 Å². The smallest absolute Gasteiger partial charge is 0.266 e. The van der Waals surface area contributed by atoms with Crippen LogP contribution >= 0.6 is 39.3 Å². The predicted octanol–water partition coefficient (Wildman–Crippen LogP) is 6.07. The van der Waals surface area contributed by atoms with Gasteiger partial charge in [-0.05, 0) is 81.6 Å². The third kappa shape index (κ3) is 4.51. The highest BCUT2D eigenvalue weighted by molar-refractivity contribution is 9.10. The van der Waals surface area contributed by atoms with Crippen molar-refractivity contribution in [3.8, 4) is 5.75 Å². The van der Waals surface area contributed by atoms with Crippen molar-refractivity contribution in [3.05, 3.63) is 74.6 Å². The summed E-state index contributed by atoms with van der Waals surface area (Å²) in [5.74, 6) is 0.715. The highest BCUT2D eigenvalue weighted by Gasteiger charge is 2.30. The van der Waals surface area contributed by atoms with Crippen molar-refractivity contribution in [1.29, 1.82) is 0 Å². The van der Waals surface area contributed by atoms with Gasteiger partial charge in [0, 0.05) is 11.5 Å². The first kappa shape index (κ1) is 20.7. The average Bonchev–Trinajstić information content (AvgIpc) is 2.93. The second-order valence-corrected chi connectivity index (χ2v) is 8.30. The number of benzene rings is 2. The van der Waals surface area contributed by atoms with Crippen LogP contribution in [0.3, 0.4) is 0 Å². The highest BCUT2D eigenvalue weighted by Crippen LogP contribution is 2.35. The molecule has 0 spiro atoms. The second-order valence-electron chi connectivity index (χ2n) is 6.03. The second kappa shape index (κ2) is 8.99. The third-order valence-electron chi connectivity index (χ3n) is 4.10. The summed E-state index contributed by atoms with van der Waals surface area (Å²) in [4.78, 5) is 19.4. The maximum Gasteiger partial charge on any atom is 0.266 e. The van der Waals surface area contributed by atoms with Crippen LogP contribution in [0.5, 0.6) is 5.75 Å². The van der Waals surface area contributed by atoms with Gasteiger partial charge >= 0.3 is 0 Å². The van der Waals surface area contributed by atoms with Gasteiger partial charge in [-0.3, -0.25) is 9.69 Å². The topological polar surface area (TPSA) is 41.9 Å². The number of carbonyl (C=O) groups excluding carboxylic acids is 1. The van der Waals surface area contributed by atoms with Crippen molar-refractivity contribution >= 4 is 62.1 Å². The molecule has 1 saturated heterocycles. The van der Waals surface area contributed by atoms with E-state index in [-0.39, 0.29) is 5.91 Å². The molecule has 0 atom stereocenters. The maximum atomic E-state index is 12.6. The molecule has 28 heavy (non-hydrogen) atoms. The molecule has 3 rings (SSSR count). The van der Waals surface area contributed by atoms with Crippen molar-refractivity contribution < 1.29 is 9.53 Å². The quantitative estimate of drug-likeness (QED) is 0.387. The standard InChI is InChI=1S/C21H18BrClN2O2S/c1-4-5-14-10-13(6-9-18(14)27-3)11-19-20(26)25(2)21(28-19)24-15-7-8-16(22)17(23)12-15/h4,6-12H,1,5H2,2-3H3/b19-11-,24-21?. The van der Waals surface area contributed by atoms with Crippen LogP contribution in [0.2, 0.25) is 5.02 Å². The number of amidine groups is 1. The van der Waals surface area contributed by atoms with Crippen molar-refractivity contribution in [3.63, 3.8) is 0 Å². The van der Waals surface area contributed by atoms with Crippen LogP contribution in [-0.4, -0.2) is 30.1 Å². The molecule has 1 heterocycles. The van der Waals surface area contributed by atoms with Crippen molar-refractivity contribution in [1.82, 2.24) is 4.90 Å². The fraction of sp³-hybridized carbons (Fsp3) is 0.143. The molecule has 0 saturated carbocycles. The van der Waals surface area contributed by atoms with Gasteiger partial charge < -0.3 is 4.74 Å². The SMILES string of the molecule is C=CCc1cc(/C=C2\SC(=Nc3ccc(Br)c(Cl)c3)N(C)C2=O)ccc1OC. The van der Waals surface area contributed by atoms with Gasteiger partial charge in [-0.15, -0.1) is 6.58 Å². The summed E-state index contributed by atoms with van der Waals surface area (Å²) < 4.78 is 6.18. The lowest BCUT2D eigenvalue weighted by molar-refractivity contribution is -0.121. The van der Waals surface area contributed by atoms with Gasteiger partial charge in [-0.2, -0.15) is 0 Å². The summed E-state index contributed by atoms with van der Waals surface area (Å²) >= 11 is 10.8. The van der Waals surface area contributed by atoms with Crippen LogP contribution in [0.4, 0.5) is 5.69 Å². The van der Waals surface area contributed by atoms with Gasteiger partial charge in [-0.1, -0.05) is 23.7 Å². The zero-order valence-corrected chi connectivity index (χ0v) is 18.6. The summed E-state index contributed by atoms with van der Waals surface area (Å²) in [5.41, 5.74) is 2.64. The lowest BCUT2D eigenvalue weighted by Crippen LogP contribution is -2.23. The normalized spacial score (nSPS) is 16.9. The first-order chi connectivity index (χ1) is 13.4. The summed E-state index contributed by atoms with van der Waals surface area (Å²) in [7, 11) is 3.36. The zero-order valence-electron chi connectivity index (χ0n) is 15.4. The molecular weight excluding hydrogens is 460 g/mol. The van der Waals surface area contributed by atoms with E-state index >= 15 is 0 Å². The fourth-order valence-corrected chi connectivity index (χ4v) is 4.08. The molecule has 2 aromatic carbocycles. The van der Waals surface area contributed by atoms with Crippen molar-refractivity contribution in [2.75, 3.05) is 14.2 Å². The van der Waals surface area contributed by atoms with Gasteiger partial charge in [0.1, 0.15) is 5.75 Å². The number of hydrogen-bond acceptors (Lipinski definition) is 4. The first-order valence-corrected chi connectivity index (χ1v) is 10.4. The van der Waals surface area contributed by atoms with E-state index in [1.807, 2.05) is 42.5 Å². The van der Waals surface area contributed by atoms with Crippen LogP contribution in [0.1, 0.15) is 11.1 Å². The number of likely N-dealkylation sites (N-methyl/N-ethyl adjacent to an activating group) is 1. The minimum atomic E-state index is -0.0898. The zero-order chi connectivity index (χ0) is 20.3. The van der Waals surface area contributed by atoms with Gasteiger partial charge in [0.2, 0.25) is 0 Å². The Kier molecular flexibility index (Phi) is 6.65. The molecule has 1 amide bonds. The fourth-order valence-electron chi connectivity index (χ4n) is 2.67. The first-order valence-electron chi connectivity index (χ1n) is 8.42. The number of carbonyl (C=O) groups is 1. The molecule has 0 radical (unpaired) electrons. The predicted molar refractivity (Wildman–Crippen MR) is 121 cm³/mol.